The molecule has 104 valence electrons. The van der Waals surface area contributed by atoms with Crippen molar-refractivity contribution in [3.63, 3.8) is 0 Å². The first-order chi connectivity index (χ1) is 9.13. The summed E-state index contributed by atoms with van der Waals surface area (Å²) >= 11 is 0. The average molecular weight is 267 g/mol. The van der Waals surface area contributed by atoms with Crippen molar-refractivity contribution in [1.82, 2.24) is 15.5 Å². The molecule has 0 fully saturated rings. The lowest BCUT2D eigenvalue weighted by Crippen LogP contribution is -2.29. The molecule has 0 aromatic carbocycles. The molecule has 0 saturated carbocycles. The number of nitrogens with zero attached hydrogens (tertiary/aromatic N) is 2. The fourth-order valence-electron chi connectivity index (χ4n) is 1.21. The molecular weight excluding hydrogens is 250 g/mol. The van der Waals surface area contributed by atoms with E-state index >= 15 is 0 Å². The van der Waals surface area contributed by atoms with Crippen molar-refractivity contribution >= 4 is 17.8 Å². The van der Waals surface area contributed by atoms with Crippen molar-refractivity contribution in [3.8, 4) is 0 Å². The van der Waals surface area contributed by atoms with Gasteiger partial charge in [-0.25, -0.2) is 4.79 Å². The number of hydrogen-bond donors (Lipinski definition) is 3. The quantitative estimate of drug-likeness (QED) is 0.604. The second-order valence-electron chi connectivity index (χ2n) is 3.65. The standard InChI is InChI=1S/C11H17N5O3/c1-2-5-13-9-4-3-8(15-16-9)10(17)14-6-7-19-11(12)18/h3-4H,2,5-7H2,1H3,(H2,12,18)(H,13,16)(H,14,17). The summed E-state index contributed by atoms with van der Waals surface area (Å²) in [6.45, 7) is 3.02. The van der Waals surface area contributed by atoms with Gasteiger partial charge in [-0.05, 0) is 18.6 Å². The molecule has 8 nitrogen and oxygen atoms in total. The third kappa shape index (κ3) is 5.66. The van der Waals surface area contributed by atoms with Crippen LogP contribution >= 0.6 is 0 Å². The monoisotopic (exact) mass is 267 g/mol. The molecule has 0 bridgehead atoms. The minimum absolute atomic E-state index is 0.0185. The number of ether oxygens (including phenoxy) is 1. The molecule has 0 aliphatic carbocycles. The van der Waals surface area contributed by atoms with Gasteiger partial charge in [0.05, 0.1) is 6.54 Å². The Kier molecular flexibility index (Phi) is 6.07. The maximum absolute atomic E-state index is 11.6. The molecule has 0 unspecified atom stereocenters. The van der Waals surface area contributed by atoms with E-state index in [1.807, 2.05) is 6.92 Å². The highest BCUT2D eigenvalue weighted by Gasteiger charge is 2.07. The lowest BCUT2D eigenvalue weighted by Gasteiger charge is -2.05. The molecule has 1 aromatic rings. The number of aromatic nitrogens is 2. The molecule has 0 spiro atoms. The summed E-state index contributed by atoms with van der Waals surface area (Å²) < 4.78 is 4.47. The number of hydrogen-bond acceptors (Lipinski definition) is 6. The molecule has 1 aromatic heterocycles. The van der Waals surface area contributed by atoms with Gasteiger partial charge in [0.15, 0.2) is 5.69 Å². The summed E-state index contributed by atoms with van der Waals surface area (Å²) in [5.41, 5.74) is 4.97. The van der Waals surface area contributed by atoms with Crippen molar-refractivity contribution in [1.29, 1.82) is 0 Å². The summed E-state index contributed by atoms with van der Waals surface area (Å²) in [4.78, 5) is 21.9. The van der Waals surface area contributed by atoms with Crippen LogP contribution in [-0.4, -0.2) is 41.9 Å². The number of nitrogens with two attached hydrogens (primary N) is 1. The highest BCUT2D eigenvalue weighted by atomic mass is 16.5. The Bertz CT molecular complexity index is 421. The average Bonchev–Trinajstić information content (AvgIpc) is 2.41. The number of carbonyl (C=O) groups excluding carboxylic acids is 2. The van der Waals surface area contributed by atoms with Gasteiger partial charge in [0.1, 0.15) is 12.4 Å². The van der Waals surface area contributed by atoms with Gasteiger partial charge in [-0.3, -0.25) is 4.79 Å². The van der Waals surface area contributed by atoms with E-state index in [1.54, 1.807) is 12.1 Å². The van der Waals surface area contributed by atoms with E-state index in [1.165, 1.54) is 0 Å². The molecule has 1 rings (SSSR count). The molecular formula is C11H17N5O3. The number of anilines is 1. The van der Waals surface area contributed by atoms with E-state index in [0.717, 1.165) is 13.0 Å². The molecule has 1 heterocycles. The molecule has 19 heavy (non-hydrogen) atoms. The Labute approximate surface area is 110 Å². The second-order valence-corrected chi connectivity index (χ2v) is 3.65. The van der Waals surface area contributed by atoms with E-state index in [0.29, 0.717) is 5.82 Å². The first-order valence-corrected chi connectivity index (χ1v) is 5.91. The van der Waals surface area contributed by atoms with Gasteiger partial charge in [-0.2, -0.15) is 0 Å². The third-order valence-electron chi connectivity index (χ3n) is 2.09. The van der Waals surface area contributed by atoms with Crippen LogP contribution in [0.25, 0.3) is 0 Å². The summed E-state index contributed by atoms with van der Waals surface area (Å²) in [6.07, 6.45) is 0.101. The Morgan fingerprint density at radius 2 is 2.11 bits per heavy atom. The SMILES string of the molecule is CCCNc1ccc(C(=O)NCCOC(N)=O)nn1. The Hall–Kier alpha value is -2.38. The molecule has 4 N–H and O–H groups in total. The predicted molar refractivity (Wildman–Crippen MR) is 68.7 cm³/mol. The van der Waals surface area contributed by atoms with Crippen molar-refractivity contribution < 1.29 is 14.3 Å². The first kappa shape index (κ1) is 14.7. The van der Waals surface area contributed by atoms with Crippen LogP contribution in [0, 0.1) is 0 Å². The summed E-state index contributed by atoms with van der Waals surface area (Å²) in [7, 11) is 0. The van der Waals surface area contributed by atoms with Gasteiger partial charge in [-0.15, -0.1) is 10.2 Å². The summed E-state index contributed by atoms with van der Waals surface area (Å²) in [5, 5.41) is 13.2. The van der Waals surface area contributed by atoms with Gasteiger partial charge in [-0.1, -0.05) is 6.92 Å². The zero-order chi connectivity index (χ0) is 14.1. The molecule has 0 saturated heterocycles. The summed E-state index contributed by atoms with van der Waals surface area (Å²) in [6, 6.07) is 3.24. The number of primary amides is 1. The van der Waals surface area contributed by atoms with Crippen LogP contribution in [0.3, 0.4) is 0 Å². The normalized spacial score (nSPS) is 9.74. The fraction of sp³-hybridized carbons (Fsp3) is 0.455. The number of carbonyl (C=O) groups is 2. The van der Waals surface area contributed by atoms with Gasteiger partial charge in [0, 0.05) is 6.54 Å². The number of nitrogens with one attached hydrogen (secondary N) is 2. The predicted octanol–water partition coefficient (Wildman–Crippen LogP) is 0.124. The molecule has 2 amide bonds. The van der Waals surface area contributed by atoms with Crippen LogP contribution < -0.4 is 16.4 Å². The van der Waals surface area contributed by atoms with Gasteiger partial charge >= 0.3 is 6.09 Å². The van der Waals surface area contributed by atoms with Crippen LogP contribution in [0.2, 0.25) is 0 Å². The topological polar surface area (TPSA) is 119 Å². The van der Waals surface area contributed by atoms with E-state index in [2.05, 4.69) is 25.6 Å². The lowest BCUT2D eigenvalue weighted by atomic mass is 10.3. The van der Waals surface area contributed by atoms with Crippen LogP contribution in [0.4, 0.5) is 10.6 Å². The molecule has 0 radical (unpaired) electrons. The highest BCUT2D eigenvalue weighted by Crippen LogP contribution is 2.01. The van der Waals surface area contributed by atoms with E-state index < -0.39 is 6.09 Å². The minimum Gasteiger partial charge on any atom is -0.448 e. The zero-order valence-electron chi connectivity index (χ0n) is 10.7. The number of rotatable bonds is 7. The smallest absolute Gasteiger partial charge is 0.404 e. The third-order valence-corrected chi connectivity index (χ3v) is 2.09. The van der Waals surface area contributed by atoms with Crippen molar-refractivity contribution in [2.24, 2.45) is 5.73 Å². The second kappa shape index (κ2) is 7.85. The van der Waals surface area contributed by atoms with Crippen LogP contribution in [0.15, 0.2) is 12.1 Å². The molecule has 0 aliphatic rings. The lowest BCUT2D eigenvalue weighted by molar-refractivity contribution is 0.0931. The van der Waals surface area contributed by atoms with Crippen LogP contribution in [0.5, 0.6) is 0 Å². The van der Waals surface area contributed by atoms with Crippen molar-refractivity contribution in [2.75, 3.05) is 25.0 Å². The van der Waals surface area contributed by atoms with E-state index in [-0.39, 0.29) is 24.8 Å². The summed E-state index contributed by atoms with van der Waals surface area (Å²) in [5.74, 6) is 0.234. The van der Waals surface area contributed by atoms with Gasteiger partial charge in [0.25, 0.3) is 5.91 Å². The van der Waals surface area contributed by atoms with Gasteiger partial charge < -0.3 is 21.1 Å². The Morgan fingerprint density at radius 1 is 1.32 bits per heavy atom. The zero-order valence-corrected chi connectivity index (χ0v) is 10.7. The Morgan fingerprint density at radius 3 is 2.68 bits per heavy atom. The van der Waals surface area contributed by atoms with Crippen LogP contribution in [-0.2, 0) is 4.74 Å². The fourth-order valence-corrected chi connectivity index (χ4v) is 1.21. The molecule has 8 heteroatoms. The minimum atomic E-state index is -0.875. The van der Waals surface area contributed by atoms with E-state index in [9.17, 15) is 9.59 Å². The van der Waals surface area contributed by atoms with Crippen molar-refractivity contribution in [2.45, 2.75) is 13.3 Å². The number of amides is 2. The van der Waals surface area contributed by atoms with Gasteiger partial charge in [0.2, 0.25) is 0 Å². The maximum Gasteiger partial charge on any atom is 0.404 e. The molecule has 0 atom stereocenters. The maximum atomic E-state index is 11.6. The van der Waals surface area contributed by atoms with E-state index in [4.69, 9.17) is 5.73 Å². The highest BCUT2D eigenvalue weighted by molar-refractivity contribution is 5.92. The van der Waals surface area contributed by atoms with Crippen molar-refractivity contribution in [3.05, 3.63) is 17.8 Å². The van der Waals surface area contributed by atoms with Crippen LogP contribution in [0.1, 0.15) is 23.8 Å². The Balaban J connectivity index is 2.37. The molecule has 0 aliphatic heterocycles. The first-order valence-electron chi connectivity index (χ1n) is 5.91. The largest absolute Gasteiger partial charge is 0.448 e.